The van der Waals surface area contributed by atoms with Crippen LogP contribution in [0.1, 0.15) is 13.3 Å². The van der Waals surface area contributed by atoms with Crippen LogP contribution in [-0.2, 0) is 0 Å². The van der Waals surface area contributed by atoms with Crippen LogP contribution >= 0.6 is 15.9 Å². The van der Waals surface area contributed by atoms with Gasteiger partial charge in [0.05, 0.1) is 0 Å². The van der Waals surface area contributed by atoms with E-state index in [1.165, 1.54) is 11.1 Å². The van der Waals surface area contributed by atoms with Crippen LogP contribution in [-0.4, -0.2) is 0 Å². The minimum absolute atomic E-state index is 0. The molecule has 0 heterocycles. The molecule has 1 aliphatic carbocycles. The van der Waals surface area contributed by atoms with Gasteiger partial charge in [-0.3, -0.25) is 18.1 Å². The number of rotatable bonds is 1. The Balaban J connectivity index is 0.00000121. The molecule has 0 radical (unpaired) electrons. The Hall–Kier alpha value is 0.492. The maximum Gasteiger partial charge on any atom is 2.00 e. The topological polar surface area (TPSA) is 0 Å². The second-order valence-corrected chi connectivity index (χ2v) is 3.08. The monoisotopic (exact) mass is 448 g/mol. The number of hydrogen-bond acceptors (Lipinski definition) is 0. The summed E-state index contributed by atoms with van der Waals surface area (Å²) in [5.41, 5.74) is 3.58. The molecule has 0 atom stereocenters. The molecule has 0 saturated heterocycles. The largest absolute Gasteiger partial charge is 2.00 e. The van der Waals surface area contributed by atoms with E-state index in [4.69, 9.17) is 0 Å². The maximum atomic E-state index is 3.90. The summed E-state index contributed by atoms with van der Waals surface area (Å²) in [6.45, 7) is 6.01. The molecule has 0 bridgehead atoms. The van der Waals surface area contributed by atoms with Crippen molar-refractivity contribution >= 4 is 15.9 Å². The Kier molecular flexibility index (Phi) is 6.27. The van der Waals surface area contributed by atoms with Crippen molar-refractivity contribution in [2.45, 2.75) is 13.3 Å². The minimum atomic E-state index is 0. The van der Waals surface area contributed by atoms with Gasteiger partial charge < -0.3 is 0 Å². The third-order valence-corrected chi connectivity index (χ3v) is 2.22. The summed E-state index contributed by atoms with van der Waals surface area (Å²) in [6, 6.07) is 0. The molecule has 0 spiro atoms. The molecule has 0 aliphatic heterocycles. The van der Waals surface area contributed by atoms with Crippen LogP contribution in [0.15, 0.2) is 33.9 Å². The Morgan fingerprint density at radius 2 is 2.42 bits per heavy atom. The van der Waals surface area contributed by atoms with Crippen molar-refractivity contribution in [3.05, 3.63) is 47.2 Å². The number of halogens is 1. The zero-order valence-electron chi connectivity index (χ0n) is 7.10. The zero-order valence-corrected chi connectivity index (χ0v) is 12.9. The fourth-order valence-corrected chi connectivity index (χ4v) is 1.29. The maximum absolute atomic E-state index is 3.90. The quantitative estimate of drug-likeness (QED) is 0.538. The van der Waals surface area contributed by atoms with E-state index < -0.39 is 0 Å². The van der Waals surface area contributed by atoms with Crippen molar-refractivity contribution in [2.75, 3.05) is 0 Å². The van der Waals surface area contributed by atoms with Crippen molar-refractivity contribution < 1.29 is 31.1 Å². The molecular weight excluding hydrogens is 438 g/mol. The minimum Gasteiger partial charge on any atom is -0.295 e. The fourth-order valence-electron chi connectivity index (χ4n) is 1.02. The molecule has 0 nitrogen and oxygen atoms in total. The fraction of sp³-hybridized carbons (Fsp3) is 0.200. The Morgan fingerprint density at radius 3 is 2.92 bits per heavy atom. The normalized spacial score (nSPS) is 17.0. The summed E-state index contributed by atoms with van der Waals surface area (Å²) in [6.07, 6.45) is 7.54. The first-order valence-corrected chi connectivity index (χ1v) is 4.50. The average Bonchev–Trinajstić information content (AvgIpc) is 2.03. The molecule has 12 heavy (non-hydrogen) atoms. The van der Waals surface area contributed by atoms with Crippen molar-refractivity contribution in [1.82, 2.24) is 0 Å². The molecule has 0 saturated carbocycles. The molecule has 0 aromatic carbocycles. The van der Waals surface area contributed by atoms with Gasteiger partial charge in [0.25, 0.3) is 0 Å². The molecule has 0 aromatic heterocycles. The summed E-state index contributed by atoms with van der Waals surface area (Å²) >= 11 is 3.27. The number of hydrogen-bond donors (Lipinski definition) is 0. The average molecular weight is 449 g/mol. The molecule has 1 rings (SSSR count). The Bertz CT molecular complexity index is 236. The third-order valence-electron chi connectivity index (χ3n) is 1.66. The molecule has 2 heteroatoms. The summed E-state index contributed by atoms with van der Waals surface area (Å²) in [5, 5.41) is 0. The van der Waals surface area contributed by atoms with Gasteiger partial charge in [-0.05, 0) is 0 Å². The van der Waals surface area contributed by atoms with Gasteiger partial charge in [0.15, 0.2) is 0 Å². The van der Waals surface area contributed by atoms with Crippen LogP contribution in [0.3, 0.4) is 0 Å². The van der Waals surface area contributed by atoms with E-state index in [-0.39, 0.29) is 31.1 Å². The SMILES string of the molecule is [CH2-]/C(=C\Br)C1=CC(C)=CC[CH-]1.[U+2]. The Morgan fingerprint density at radius 1 is 1.75 bits per heavy atom. The molecule has 0 fully saturated rings. The molecule has 0 N–H and O–H groups in total. The van der Waals surface area contributed by atoms with E-state index in [1.54, 1.807) is 0 Å². The second-order valence-electron chi connectivity index (χ2n) is 2.62. The summed E-state index contributed by atoms with van der Waals surface area (Å²) in [4.78, 5) is 1.86. The van der Waals surface area contributed by atoms with E-state index in [2.05, 4.69) is 48.4 Å². The van der Waals surface area contributed by atoms with Gasteiger partial charge in [0, 0.05) is 0 Å². The predicted octanol–water partition coefficient (Wildman–Crippen LogP) is 3.58. The summed E-state index contributed by atoms with van der Waals surface area (Å²) in [5.74, 6) is 0. The Labute approximate surface area is 107 Å². The first kappa shape index (κ1) is 12.5. The van der Waals surface area contributed by atoms with E-state index in [0.29, 0.717) is 0 Å². The van der Waals surface area contributed by atoms with Gasteiger partial charge in [-0.1, -0.05) is 13.3 Å². The van der Waals surface area contributed by atoms with Crippen molar-refractivity contribution in [3.63, 3.8) is 0 Å². The molecular formula is C10H11BrU. The predicted molar refractivity (Wildman–Crippen MR) is 53.1 cm³/mol. The van der Waals surface area contributed by atoms with Crippen LogP contribution in [0.4, 0.5) is 0 Å². The molecule has 62 valence electrons. The van der Waals surface area contributed by atoms with Crippen LogP contribution in [0, 0.1) is 44.5 Å². The van der Waals surface area contributed by atoms with Crippen LogP contribution < -0.4 is 0 Å². The first-order valence-electron chi connectivity index (χ1n) is 3.58. The van der Waals surface area contributed by atoms with Crippen LogP contribution in [0.5, 0.6) is 0 Å². The van der Waals surface area contributed by atoms with Gasteiger partial charge in [0.2, 0.25) is 0 Å². The van der Waals surface area contributed by atoms with E-state index >= 15 is 0 Å². The van der Waals surface area contributed by atoms with Gasteiger partial charge in [-0.2, -0.15) is 20.9 Å². The van der Waals surface area contributed by atoms with E-state index in [9.17, 15) is 0 Å². The molecule has 0 unspecified atom stereocenters. The summed E-state index contributed by atoms with van der Waals surface area (Å²) in [7, 11) is 0. The van der Waals surface area contributed by atoms with Gasteiger partial charge in [-0.25, -0.2) is 12.5 Å². The van der Waals surface area contributed by atoms with Gasteiger partial charge in [0.1, 0.15) is 0 Å². The van der Waals surface area contributed by atoms with E-state index in [0.717, 1.165) is 12.0 Å². The van der Waals surface area contributed by atoms with Gasteiger partial charge >= 0.3 is 31.1 Å². The molecule has 1 aliphatic rings. The van der Waals surface area contributed by atoms with Gasteiger partial charge in [-0.15, -0.1) is 11.6 Å². The smallest absolute Gasteiger partial charge is 0.295 e. The van der Waals surface area contributed by atoms with Crippen molar-refractivity contribution in [3.8, 4) is 0 Å². The van der Waals surface area contributed by atoms with Crippen LogP contribution in [0.2, 0.25) is 0 Å². The van der Waals surface area contributed by atoms with Crippen LogP contribution in [0.25, 0.3) is 0 Å². The summed E-state index contributed by atoms with van der Waals surface area (Å²) < 4.78 is 0. The number of allylic oxidation sites excluding steroid dienone is 5. The standard InChI is InChI=1S/C10H11Br.U/c1-8-4-3-5-10(6-8)9(2)7-11;/h4-7H,2-3H2,1H3;/q-2;+2/b9-7+;. The first-order chi connectivity index (χ1) is 5.24. The third kappa shape index (κ3) is 3.48. The molecule has 0 aromatic rings. The van der Waals surface area contributed by atoms with Crippen molar-refractivity contribution in [1.29, 1.82) is 0 Å². The molecule has 0 amide bonds. The zero-order chi connectivity index (χ0) is 8.27. The van der Waals surface area contributed by atoms with E-state index in [1.807, 2.05) is 4.99 Å². The van der Waals surface area contributed by atoms with Crippen molar-refractivity contribution in [2.24, 2.45) is 0 Å². The second kappa shape index (κ2) is 6.02.